The average Bonchev–Trinajstić information content (AvgIpc) is 3.27. The van der Waals surface area contributed by atoms with Gasteiger partial charge in [-0.05, 0) is 0 Å². The molecule has 0 unspecified atom stereocenters. The monoisotopic (exact) mass is 357 g/mol. The molecule has 0 bridgehead atoms. The van der Waals surface area contributed by atoms with Crippen molar-refractivity contribution in [2.75, 3.05) is 25.7 Å². The van der Waals surface area contributed by atoms with Crippen LogP contribution in [0.1, 0.15) is 16.2 Å². The highest BCUT2D eigenvalue weighted by Gasteiger charge is 2.26. The number of ether oxygens (including phenoxy) is 1. The molecule has 0 aliphatic rings. The summed E-state index contributed by atoms with van der Waals surface area (Å²) in [6.45, 7) is 1.45. The van der Waals surface area contributed by atoms with Crippen LogP contribution in [0.3, 0.4) is 0 Å². The van der Waals surface area contributed by atoms with Crippen molar-refractivity contribution in [3.05, 3.63) is 48.0 Å². The number of carboxylic acids is 1. The van der Waals surface area contributed by atoms with Crippen LogP contribution in [0.4, 0.5) is 5.82 Å². The number of benzene rings is 1. The van der Waals surface area contributed by atoms with Gasteiger partial charge in [0.05, 0.1) is 13.2 Å². The van der Waals surface area contributed by atoms with Crippen LogP contribution in [0.2, 0.25) is 0 Å². The summed E-state index contributed by atoms with van der Waals surface area (Å²) in [6, 6.07) is 9.02. The number of rotatable bonds is 8. The van der Waals surface area contributed by atoms with Gasteiger partial charge in [-0.3, -0.25) is 0 Å². The summed E-state index contributed by atoms with van der Waals surface area (Å²) in [4.78, 5) is 13.5. The first kappa shape index (κ1) is 17.6. The second-order valence-electron chi connectivity index (χ2n) is 5.67. The van der Waals surface area contributed by atoms with Gasteiger partial charge >= 0.3 is 5.97 Å². The van der Waals surface area contributed by atoms with E-state index in [4.69, 9.17) is 9.26 Å². The molecule has 0 amide bonds. The minimum absolute atomic E-state index is 0.0154. The Hall–Kier alpha value is -3.20. The Morgan fingerprint density at radius 1 is 1.35 bits per heavy atom. The number of nitrogens with zero attached hydrogens (tertiary/aromatic N) is 5. The van der Waals surface area contributed by atoms with Gasteiger partial charge in [0, 0.05) is 26.3 Å². The Kier molecular flexibility index (Phi) is 5.28. The van der Waals surface area contributed by atoms with E-state index < -0.39 is 5.97 Å². The van der Waals surface area contributed by atoms with Gasteiger partial charge in [0.25, 0.3) is 0 Å². The van der Waals surface area contributed by atoms with E-state index in [1.165, 1.54) is 0 Å². The van der Waals surface area contributed by atoms with Crippen molar-refractivity contribution >= 4 is 11.8 Å². The third-order valence-corrected chi connectivity index (χ3v) is 3.90. The predicted octanol–water partition coefficient (Wildman–Crippen LogP) is 1.91. The molecule has 0 saturated carbocycles. The van der Waals surface area contributed by atoms with Gasteiger partial charge in [-0.1, -0.05) is 35.5 Å². The second-order valence-corrected chi connectivity index (χ2v) is 5.67. The molecule has 3 rings (SSSR count). The molecule has 0 atom stereocenters. The zero-order chi connectivity index (χ0) is 18.5. The van der Waals surface area contributed by atoms with Crippen LogP contribution >= 0.6 is 0 Å². The Balaban J connectivity index is 1.88. The molecule has 0 aliphatic heterocycles. The van der Waals surface area contributed by atoms with Crippen molar-refractivity contribution in [3.8, 4) is 11.3 Å². The molecule has 0 aliphatic carbocycles. The van der Waals surface area contributed by atoms with E-state index in [0.717, 1.165) is 0 Å². The quantitative estimate of drug-likeness (QED) is 0.651. The van der Waals surface area contributed by atoms with Crippen molar-refractivity contribution in [2.24, 2.45) is 0 Å². The summed E-state index contributed by atoms with van der Waals surface area (Å²) in [5, 5.41) is 21.6. The molecule has 9 heteroatoms. The lowest BCUT2D eigenvalue weighted by Gasteiger charge is -2.16. The van der Waals surface area contributed by atoms with Crippen LogP contribution in [0.25, 0.3) is 11.3 Å². The number of methoxy groups -OCH3 is 1. The van der Waals surface area contributed by atoms with Crippen LogP contribution < -0.4 is 4.90 Å². The first-order valence-corrected chi connectivity index (χ1v) is 7.97. The first-order chi connectivity index (χ1) is 12.6. The van der Waals surface area contributed by atoms with Gasteiger partial charge in [0.1, 0.15) is 6.33 Å². The molecule has 0 saturated heterocycles. The smallest absolute Gasteiger partial charge is 0.343 e. The van der Waals surface area contributed by atoms with E-state index in [1.807, 2.05) is 22.8 Å². The number of carbonyl (C=O) groups is 1. The summed E-state index contributed by atoms with van der Waals surface area (Å²) in [5.74, 6) is 0.0244. The van der Waals surface area contributed by atoms with Crippen LogP contribution in [-0.2, 0) is 17.8 Å². The summed E-state index contributed by atoms with van der Waals surface area (Å²) in [6.07, 6.45) is 1.61. The topological polar surface area (TPSA) is 107 Å². The highest BCUT2D eigenvalue weighted by Crippen LogP contribution is 2.31. The van der Waals surface area contributed by atoms with Crippen LogP contribution in [0, 0.1) is 0 Å². The maximum absolute atomic E-state index is 11.8. The standard InChI is InChI=1S/C17H19N5O4/c1-21(10-13-19-18-11-22(13)8-9-25-2)16-14(17(23)24)15(26-20-16)12-6-4-3-5-7-12/h3-7,11H,8-10H2,1-2H3,(H,23,24). The summed E-state index contributed by atoms with van der Waals surface area (Å²) >= 11 is 0. The molecule has 136 valence electrons. The minimum Gasteiger partial charge on any atom is -0.477 e. The zero-order valence-electron chi connectivity index (χ0n) is 14.5. The van der Waals surface area contributed by atoms with E-state index >= 15 is 0 Å². The first-order valence-electron chi connectivity index (χ1n) is 7.97. The maximum Gasteiger partial charge on any atom is 0.343 e. The third-order valence-electron chi connectivity index (χ3n) is 3.90. The number of aromatic carboxylic acids is 1. The van der Waals surface area contributed by atoms with Crippen LogP contribution in [0.5, 0.6) is 0 Å². The lowest BCUT2D eigenvalue weighted by Crippen LogP contribution is -2.22. The molecular formula is C17H19N5O4. The molecule has 2 aromatic heterocycles. The van der Waals surface area contributed by atoms with Gasteiger partial charge in [0.2, 0.25) is 0 Å². The molecule has 3 aromatic rings. The molecule has 2 heterocycles. The highest BCUT2D eigenvalue weighted by atomic mass is 16.5. The van der Waals surface area contributed by atoms with E-state index in [1.54, 1.807) is 37.5 Å². The predicted molar refractivity (Wildman–Crippen MR) is 92.9 cm³/mol. The number of hydrogen-bond acceptors (Lipinski definition) is 7. The lowest BCUT2D eigenvalue weighted by atomic mass is 10.1. The Labute approximate surface area is 149 Å². The lowest BCUT2D eigenvalue weighted by molar-refractivity contribution is 0.0698. The maximum atomic E-state index is 11.8. The van der Waals surface area contributed by atoms with Crippen molar-refractivity contribution < 1.29 is 19.2 Å². The van der Waals surface area contributed by atoms with Gasteiger partial charge in [-0.15, -0.1) is 10.2 Å². The van der Waals surface area contributed by atoms with Gasteiger partial charge in [-0.2, -0.15) is 0 Å². The summed E-state index contributed by atoms with van der Waals surface area (Å²) in [5.41, 5.74) is 0.668. The molecular weight excluding hydrogens is 338 g/mol. The number of aromatic nitrogens is 4. The molecule has 0 fully saturated rings. The number of anilines is 1. The Morgan fingerprint density at radius 3 is 2.81 bits per heavy atom. The molecule has 26 heavy (non-hydrogen) atoms. The fourth-order valence-electron chi connectivity index (χ4n) is 2.59. The Morgan fingerprint density at radius 2 is 2.12 bits per heavy atom. The largest absolute Gasteiger partial charge is 0.477 e. The normalized spacial score (nSPS) is 10.8. The average molecular weight is 357 g/mol. The van der Waals surface area contributed by atoms with E-state index in [0.29, 0.717) is 31.1 Å². The minimum atomic E-state index is -1.10. The third kappa shape index (κ3) is 3.57. The number of hydrogen-bond donors (Lipinski definition) is 1. The molecule has 9 nitrogen and oxygen atoms in total. The van der Waals surface area contributed by atoms with E-state index in [9.17, 15) is 9.90 Å². The van der Waals surface area contributed by atoms with E-state index in [2.05, 4.69) is 15.4 Å². The van der Waals surface area contributed by atoms with Crippen molar-refractivity contribution in [2.45, 2.75) is 13.1 Å². The summed E-state index contributed by atoms with van der Waals surface area (Å²) in [7, 11) is 3.35. The van der Waals surface area contributed by atoms with Gasteiger partial charge < -0.3 is 23.8 Å². The fourth-order valence-corrected chi connectivity index (χ4v) is 2.59. The Bertz CT molecular complexity index is 874. The SMILES string of the molecule is COCCn1cnnc1CN(C)c1noc(-c2ccccc2)c1C(=O)O. The van der Waals surface area contributed by atoms with E-state index in [-0.39, 0.29) is 17.1 Å². The van der Waals surface area contributed by atoms with Crippen molar-refractivity contribution in [1.82, 2.24) is 19.9 Å². The van der Waals surface area contributed by atoms with Gasteiger partial charge in [0.15, 0.2) is 23.0 Å². The molecule has 1 aromatic carbocycles. The van der Waals surface area contributed by atoms with Gasteiger partial charge in [-0.25, -0.2) is 4.79 Å². The number of carboxylic acid groups (broad SMARTS) is 1. The van der Waals surface area contributed by atoms with Crippen LogP contribution in [-0.4, -0.2) is 51.8 Å². The molecule has 0 radical (unpaired) electrons. The van der Waals surface area contributed by atoms with Crippen molar-refractivity contribution in [3.63, 3.8) is 0 Å². The van der Waals surface area contributed by atoms with Crippen molar-refractivity contribution in [1.29, 1.82) is 0 Å². The highest BCUT2D eigenvalue weighted by molar-refractivity contribution is 5.99. The molecule has 0 spiro atoms. The fraction of sp³-hybridized carbons (Fsp3) is 0.294. The second kappa shape index (κ2) is 7.79. The van der Waals surface area contributed by atoms with Crippen LogP contribution in [0.15, 0.2) is 41.2 Å². The summed E-state index contributed by atoms with van der Waals surface area (Å²) < 4.78 is 12.3. The zero-order valence-corrected chi connectivity index (χ0v) is 14.5. The molecule has 1 N–H and O–H groups in total.